The molecule has 0 aliphatic carbocycles. The standard InChI is InChI=1S/C16H14Cl3N3O2/c1-3-24-16(23)12-7-21-15(13(8(2)20)14(12)19)22-11-5-9(17)4-10(18)6-11/h4-7,20H,3H2,1-2H3,(H,21,22)/p+1. The van der Waals surface area contributed by atoms with Gasteiger partial charge in [-0.3, -0.25) is 5.32 Å². The molecule has 3 N–H and O–H groups in total. The number of quaternary nitrogens is 1. The van der Waals surface area contributed by atoms with Crippen LogP contribution in [0.15, 0.2) is 24.4 Å². The lowest BCUT2D eigenvalue weighted by Gasteiger charge is -2.11. The van der Waals surface area contributed by atoms with Crippen LogP contribution in [-0.4, -0.2) is 23.3 Å². The Kier molecular flexibility index (Phi) is 6.18. The molecule has 1 aromatic carbocycles. The quantitative estimate of drug-likeness (QED) is 0.460. The van der Waals surface area contributed by atoms with Crippen molar-refractivity contribution in [3.8, 4) is 0 Å². The number of ether oxygens (including phenoxy) is 1. The molecule has 126 valence electrons. The molecule has 8 heteroatoms. The van der Waals surface area contributed by atoms with E-state index in [1.807, 2.05) is 0 Å². The topological polar surface area (TPSA) is 79.7 Å². The van der Waals surface area contributed by atoms with Gasteiger partial charge < -0.3 is 10.1 Å². The number of aromatic nitrogens is 1. The predicted octanol–water partition coefficient (Wildman–Crippen LogP) is 4.13. The molecule has 0 aliphatic rings. The van der Waals surface area contributed by atoms with E-state index in [1.54, 1.807) is 37.4 Å². The summed E-state index contributed by atoms with van der Waals surface area (Å²) in [5.41, 5.74) is 1.38. The summed E-state index contributed by atoms with van der Waals surface area (Å²) >= 11 is 18.3. The molecule has 2 rings (SSSR count). The minimum atomic E-state index is -0.574. The highest BCUT2D eigenvalue weighted by Crippen LogP contribution is 2.27. The fraction of sp³-hybridized carbons (Fsp3) is 0.188. The van der Waals surface area contributed by atoms with Gasteiger partial charge in [0, 0.05) is 34.1 Å². The molecule has 24 heavy (non-hydrogen) atoms. The van der Waals surface area contributed by atoms with Crippen LogP contribution in [0.3, 0.4) is 0 Å². The molecular formula is C16H15Cl3N3O2+. The second-order valence-electron chi connectivity index (χ2n) is 4.94. The highest BCUT2D eigenvalue weighted by atomic mass is 35.5. The minimum absolute atomic E-state index is 0.126. The van der Waals surface area contributed by atoms with Crippen LogP contribution in [0.2, 0.25) is 15.1 Å². The average Bonchev–Trinajstić information content (AvgIpc) is 2.46. The number of pyridine rings is 1. The summed E-state index contributed by atoms with van der Waals surface area (Å²) in [4.78, 5) is 16.2. The van der Waals surface area contributed by atoms with Crippen molar-refractivity contribution in [3.05, 3.63) is 50.6 Å². The van der Waals surface area contributed by atoms with Gasteiger partial charge in [0.05, 0.1) is 22.8 Å². The van der Waals surface area contributed by atoms with Gasteiger partial charge in [0.25, 0.3) is 0 Å². The first kappa shape index (κ1) is 18.7. The van der Waals surface area contributed by atoms with Crippen LogP contribution in [0.1, 0.15) is 29.8 Å². The SMILES string of the molecule is CCOC(=O)c1cnc([NH2+]c2cc(Cl)cc(Cl)c2)c(C(C)=N)c1Cl. The second-order valence-corrected chi connectivity index (χ2v) is 6.19. The molecule has 0 saturated heterocycles. The van der Waals surface area contributed by atoms with E-state index < -0.39 is 5.97 Å². The Labute approximate surface area is 154 Å². The van der Waals surface area contributed by atoms with Crippen molar-refractivity contribution in [1.82, 2.24) is 4.98 Å². The minimum Gasteiger partial charge on any atom is -0.462 e. The lowest BCUT2D eigenvalue weighted by molar-refractivity contribution is -0.483. The van der Waals surface area contributed by atoms with Crippen LogP contribution in [0.5, 0.6) is 0 Å². The maximum absolute atomic E-state index is 11.9. The molecule has 0 unspecified atom stereocenters. The molecule has 1 heterocycles. The molecule has 0 spiro atoms. The number of nitrogens with two attached hydrogens (primary N) is 1. The molecule has 0 amide bonds. The summed E-state index contributed by atoms with van der Waals surface area (Å²) in [6.07, 6.45) is 1.34. The van der Waals surface area contributed by atoms with Gasteiger partial charge in [-0.05, 0) is 19.9 Å². The molecule has 1 aromatic heterocycles. The Balaban J connectivity index is 2.48. The van der Waals surface area contributed by atoms with Crippen molar-refractivity contribution in [2.24, 2.45) is 0 Å². The van der Waals surface area contributed by atoms with Crippen LogP contribution >= 0.6 is 34.8 Å². The van der Waals surface area contributed by atoms with E-state index in [-0.39, 0.29) is 22.9 Å². The summed E-state index contributed by atoms with van der Waals surface area (Å²) in [6.45, 7) is 3.50. The predicted molar refractivity (Wildman–Crippen MR) is 95.4 cm³/mol. The number of esters is 1. The number of benzene rings is 1. The number of nitrogens with zero attached hydrogens (tertiary/aromatic N) is 1. The monoisotopic (exact) mass is 386 g/mol. The second kappa shape index (κ2) is 7.94. The number of nitrogens with one attached hydrogen (secondary N) is 1. The number of hydrogen-bond donors (Lipinski definition) is 2. The average molecular weight is 388 g/mol. The third-order valence-corrected chi connectivity index (χ3v) is 3.93. The van der Waals surface area contributed by atoms with Crippen LogP contribution < -0.4 is 5.32 Å². The summed E-state index contributed by atoms with van der Waals surface area (Å²) in [5, 5.41) is 10.8. The first-order valence-electron chi connectivity index (χ1n) is 7.05. The largest absolute Gasteiger partial charge is 0.462 e. The first-order valence-corrected chi connectivity index (χ1v) is 8.18. The van der Waals surface area contributed by atoms with Gasteiger partial charge in [0.15, 0.2) is 0 Å². The Morgan fingerprint density at radius 1 is 1.25 bits per heavy atom. The van der Waals surface area contributed by atoms with Crippen LogP contribution in [0.25, 0.3) is 0 Å². The van der Waals surface area contributed by atoms with Gasteiger partial charge in [0.2, 0.25) is 5.82 Å². The molecular weight excluding hydrogens is 373 g/mol. The highest BCUT2D eigenvalue weighted by molar-refractivity contribution is 6.37. The third kappa shape index (κ3) is 4.24. The molecule has 0 radical (unpaired) electrons. The number of hydrogen-bond acceptors (Lipinski definition) is 4. The van der Waals surface area contributed by atoms with Crippen molar-refractivity contribution < 1.29 is 14.8 Å². The van der Waals surface area contributed by atoms with Crippen molar-refractivity contribution in [2.75, 3.05) is 6.61 Å². The molecule has 0 fully saturated rings. The van der Waals surface area contributed by atoms with E-state index in [9.17, 15) is 4.79 Å². The molecule has 0 bridgehead atoms. The van der Waals surface area contributed by atoms with Gasteiger partial charge in [-0.25, -0.2) is 9.78 Å². The Morgan fingerprint density at radius 3 is 2.42 bits per heavy atom. The molecule has 5 nitrogen and oxygen atoms in total. The van der Waals surface area contributed by atoms with E-state index in [0.717, 1.165) is 0 Å². The maximum Gasteiger partial charge on any atom is 0.341 e. The zero-order chi connectivity index (χ0) is 17.9. The number of halogens is 3. The molecule has 0 atom stereocenters. The van der Waals surface area contributed by atoms with Gasteiger partial charge in [-0.15, -0.1) is 0 Å². The fourth-order valence-corrected chi connectivity index (χ4v) is 3.04. The molecule has 0 saturated carbocycles. The maximum atomic E-state index is 11.9. The van der Waals surface area contributed by atoms with E-state index >= 15 is 0 Å². The Bertz CT molecular complexity index is 789. The lowest BCUT2D eigenvalue weighted by atomic mass is 10.1. The smallest absolute Gasteiger partial charge is 0.341 e. The first-order chi connectivity index (χ1) is 11.3. The Morgan fingerprint density at radius 2 is 1.88 bits per heavy atom. The number of rotatable bonds is 5. The summed E-state index contributed by atoms with van der Waals surface area (Å²) in [7, 11) is 0. The van der Waals surface area contributed by atoms with E-state index in [4.69, 9.17) is 44.9 Å². The van der Waals surface area contributed by atoms with Gasteiger partial charge in [-0.1, -0.05) is 34.8 Å². The summed E-state index contributed by atoms with van der Waals surface area (Å²) in [5.74, 6) is -0.131. The number of carbonyl (C=O) groups excluding carboxylic acids is 1. The van der Waals surface area contributed by atoms with E-state index in [0.29, 0.717) is 27.1 Å². The molecule has 2 aromatic rings. The van der Waals surface area contributed by atoms with Crippen LogP contribution in [0.4, 0.5) is 11.5 Å². The summed E-state index contributed by atoms with van der Waals surface area (Å²) in [6, 6.07) is 5.05. The zero-order valence-corrected chi connectivity index (χ0v) is 15.3. The molecule has 0 aliphatic heterocycles. The van der Waals surface area contributed by atoms with Gasteiger partial charge >= 0.3 is 5.97 Å². The van der Waals surface area contributed by atoms with Crippen molar-refractivity contribution >= 4 is 58.0 Å². The number of carbonyl (C=O) groups is 1. The highest BCUT2D eigenvalue weighted by Gasteiger charge is 2.23. The normalized spacial score (nSPS) is 10.5. The van der Waals surface area contributed by atoms with Crippen molar-refractivity contribution in [3.63, 3.8) is 0 Å². The lowest BCUT2D eigenvalue weighted by Crippen LogP contribution is -2.72. The third-order valence-electron chi connectivity index (χ3n) is 3.10. The van der Waals surface area contributed by atoms with Crippen molar-refractivity contribution in [1.29, 1.82) is 5.41 Å². The van der Waals surface area contributed by atoms with E-state index in [1.165, 1.54) is 6.20 Å². The Hall–Kier alpha value is -1.66. The van der Waals surface area contributed by atoms with Crippen LogP contribution in [-0.2, 0) is 4.74 Å². The van der Waals surface area contributed by atoms with E-state index in [2.05, 4.69) is 4.98 Å². The fourth-order valence-electron chi connectivity index (χ4n) is 2.14. The van der Waals surface area contributed by atoms with Crippen LogP contribution in [0, 0.1) is 5.41 Å². The van der Waals surface area contributed by atoms with Gasteiger partial charge in [-0.2, -0.15) is 0 Å². The zero-order valence-electron chi connectivity index (χ0n) is 13.0. The summed E-state index contributed by atoms with van der Waals surface area (Å²) < 4.78 is 4.95. The van der Waals surface area contributed by atoms with Gasteiger partial charge in [0.1, 0.15) is 5.69 Å². The van der Waals surface area contributed by atoms with Crippen molar-refractivity contribution in [2.45, 2.75) is 13.8 Å².